The first-order chi connectivity index (χ1) is 15.8. The van der Waals surface area contributed by atoms with Crippen molar-refractivity contribution in [2.45, 2.75) is 116 Å². The number of rotatable bonds is 6. The molecule has 1 aromatic carbocycles. The van der Waals surface area contributed by atoms with Gasteiger partial charge in [-0.3, -0.25) is 9.59 Å². The summed E-state index contributed by atoms with van der Waals surface area (Å²) in [6, 6.07) is 8.69. The van der Waals surface area contributed by atoms with Gasteiger partial charge in [-0.2, -0.15) is 0 Å². The minimum Gasteiger partial charge on any atom is -0.480 e. The number of aliphatic carboxylic acids is 2. The van der Waals surface area contributed by atoms with E-state index >= 15 is 0 Å². The maximum atomic E-state index is 13.4. The Morgan fingerprint density at radius 2 is 1.03 bits per heavy atom. The molecule has 196 valence electrons. The van der Waals surface area contributed by atoms with Crippen LogP contribution >= 0.6 is 0 Å². The molecule has 6 nitrogen and oxygen atoms in total. The normalized spacial score (nSPS) is 24.6. The molecule has 35 heavy (non-hydrogen) atoms. The molecule has 2 heterocycles. The van der Waals surface area contributed by atoms with Crippen molar-refractivity contribution in [2.24, 2.45) is 17.3 Å². The molecule has 0 bridgehead atoms. The van der Waals surface area contributed by atoms with Crippen molar-refractivity contribution in [3.8, 4) is 0 Å². The minimum atomic E-state index is -2.09. The number of carboxylic acid groups (broad SMARTS) is 2. The van der Waals surface area contributed by atoms with E-state index in [2.05, 4.69) is 66.0 Å². The topological polar surface area (TPSA) is 98.7 Å². The maximum absolute atomic E-state index is 13.4. The quantitative estimate of drug-likeness (QED) is 0.412. The Morgan fingerprint density at radius 3 is 1.31 bits per heavy atom. The summed E-state index contributed by atoms with van der Waals surface area (Å²) >= 11 is 0. The molecule has 0 atom stereocenters. The van der Waals surface area contributed by atoms with Crippen LogP contribution in [0.1, 0.15) is 93.6 Å². The van der Waals surface area contributed by atoms with Gasteiger partial charge in [0, 0.05) is 27.6 Å². The molecule has 0 spiro atoms. The molecule has 0 amide bonds. The monoisotopic (exact) mass is 486 g/mol. The number of hydrogen-bond acceptors (Lipinski definition) is 4. The predicted octanol–water partition coefficient (Wildman–Crippen LogP) is 5.21. The highest BCUT2D eigenvalue weighted by molar-refractivity contribution is 6.06. The zero-order chi connectivity index (χ0) is 26.7. The van der Waals surface area contributed by atoms with E-state index in [1.54, 1.807) is 24.3 Å². The molecule has 4 N–H and O–H groups in total. The Hall–Kier alpha value is -1.92. The third-order valence-corrected chi connectivity index (χ3v) is 8.73. The number of benzene rings is 1. The Balaban J connectivity index is 2.39. The second-order valence-corrected chi connectivity index (χ2v) is 14.0. The highest BCUT2D eigenvalue weighted by Crippen LogP contribution is 2.61. The van der Waals surface area contributed by atoms with E-state index in [1.807, 2.05) is 13.0 Å². The molecule has 2 aliphatic rings. The molecule has 2 saturated heterocycles. The Kier molecular flexibility index (Phi) is 6.79. The predicted molar refractivity (Wildman–Crippen MR) is 140 cm³/mol. The van der Waals surface area contributed by atoms with E-state index in [-0.39, 0.29) is 34.0 Å². The molecule has 0 saturated carbocycles. The Bertz CT molecular complexity index is 880. The fourth-order valence-corrected chi connectivity index (χ4v) is 8.24. The van der Waals surface area contributed by atoms with Gasteiger partial charge < -0.3 is 20.8 Å². The lowest BCUT2D eigenvalue weighted by atomic mass is 9.44. The Morgan fingerprint density at radius 1 is 0.714 bits per heavy atom. The van der Waals surface area contributed by atoms with Crippen LogP contribution in [-0.2, 0) is 15.0 Å². The summed E-state index contributed by atoms with van der Waals surface area (Å²) in [6.45, 7) is 19.1. The summed E-state index contributed by atoms with van der Waals surface area (Å²) in [7, 11) is 0. The van der Waals surface area contributed by atoms with Gasteiger partial charge in [0.1, 0.15) is 0 Å². The van der Waals surface area contributed by atoms with Crippen LogP contribution in [-0.4, -0.2) is 44.3 Å². The van der Waals surface area contributed by atoms with Crippen molar-refractivity contribution in [1.29, 1.82) is 0 Å². The average Bonchev–Trinajstić information content (AvgIpc) is 2.63. The molecule has 0 radical (unpaired) electrons. The molecule has 1 aromatic rings. The molecule has 2 aliphatic heterocycles. The van der Waals surface area contributed by atoms with Gasteiger partial charge in [-0.15, -0.1) is 0 Å². The van der Waals surface area contributed by atoms with Crippen molar-refractivity contribution < 1.29 is 19.8 Å². The highest BCUT2D eigenvalue weighted by Gasteiger charge is 2.68. The maximum Gasteiger partial charge on any atom is 0.326 e. The Labute approximate surface area is 211 Å². The first-order valence-electron chi connectivity index (χ1n) is 12.9. The number of carbonyl (C=O) groups is 2. The lowest BCUT2D eigenvalue weighted by molar-refractivity contribution is -0.178. The van der Waals surface area contributed by atoms with Crippen LogP contribution in [0, 0.1) is 17.3 Å². The molecule has 6 heteroatoms. The van der Waals surface area contributed by atoms with Crippen LogP contribution in [0.2, 0.25) is 0 Å². The lowest BCUT2D eigenvalue weighted by Crippen LogP contribution is -2.70. The van der Waals surface area contributed by atoms with Gasteiger partial charge in [-0.05, 0) is 98.5 Å². The van der Waals surface area contributed by atoms with E-state index in [9.17, 15) is 19.8 Å². The summed E-state index contributed by atoms with van der Waals surface area (Å²) in [4.78, 5) is 26.9. The van der Waals surface area contributed by atoms with Gasteiger partial charge in [0.15, 0.2) is 5.41 Å². The number of carboxylic acids is 2. The van der Waals surface area contributed by atoms with E-state index in [4.69, 9.17) is 0 Å². The molecule has 2 fully saturated rings. The van der Waals surface area contributed by atoms with Gasteiger partial charge in [-0.25, -0.2) is 0 Å². The van der Waals surface area contributed by atoms with Crippen LogP contribution in [0.25, 0.3) is 0 Å². The number of hydrogen-bond donors (Lipinski definition) is 4. The largest absolute Gasteiger partial charge is 0.480 e. The van der Waals surface area contributed by atoms with E-state index < -0.39 is 22.8 Å². The van der Waals surface area contributed by atoms with Gasteiger partial charge in [0.25, 0.3) is 0 Å². The minimum absolute atomic E-state index is 0.129. The van der Waals surface area contributed by atoms with E-state index in [0.29, 0.717) is 31.2 Å². The molecule has 3 rings (SSSR count). The smallest absolute Gasteiger partial charge is 0.326 e. The summed E-state index contributed by atoms with van der Waals surface area (Å²) < 4.78 is 0. The third-order valence-electron chi connectivity index (χ3n) is 8.73. The van der Waals surface area contributed by atoms with E-state index in [1.165, 1.54) is 0 Å². The van der Waals surface area contributed by atoms with Crippen LogP contribution in [0.5, 0.6) is 0 Å². The van der Waals surface area contributed by atoms with Crippen LogP contribution < -0.4 is 10.6 Å². The van der Waals surface area contributed by atoms with E-state index in [0.717, 1.165) is 0 Å². The zero-order valence-electron chi connectivity index (χ0n) is 23.1. The molecule has 0 aliphatic carbocycles. The summed E-state index contributed by atoms with van der Waals surface area (Å²) in [6.07, 6.45) is 2.80. The molecular formula is C29H46N2O4. The number of piperidine rings is 2. The summed E-state index contributed by atoms with van der Waals surface area (Å²) in [5.74, 6) is -2.81. The highest BCUT2D eigenvalue weighted by atomic mass is 16.4. The fraction of sp³-hybridized carbons (Fsp3) is 0.724. The van der Waals surface area contributed by atoms with Gasteiger partial charge in [-0.1, -0.05) is 37.3 Å². The summed E-state index contributed by atoms with van der Waals surface area (Å²) in [5, 5.41) is 29.3. The van der Waals surface area contributed by atoms with Crippen molar-refractivity contribution in [1.82, 2.24) is 10.6 Å². The van der Waals surface area contributed by atoms with Gasteiger partial charge >= 0.3 is 11.9 Å². The molecular weight excluding hydrogens is 440 g/mol. The third kappa shape index (κ3) is 4.89. The first-order valence-corrected chi connectivity index (χ1v) is 12.9. The van der Waals surface area contributed by atoms with Crippen molar-refractivity contribution in [3.63, 3.8) is 0 Å². The van der Waals surface area contributed by atoms with Crippen molar-refractivity contribution in [2.75, 3.05) is 0 Å². The van der Waals surface area contributed by atoms with Crippen LogP contribution in [0.3, 0.4) is 0 Å². The zero-order valence-corrected chi connectivity index (χ0v) is 23.1. The van der Waals surface area contributed by atoms with Gasteiger partial charge in [0.05, 0.1) is 0 Å². The molecule has 0 unspecified atom stereocenters. The SMILES string of the molecule is CC1(C)CC(C(C)(C2CC(C)(C)NC(C)(C)C2)C(C(=O)O)(C(=O)O)c2ccccc2)CC(C)(C)N1. The first kappa shape index (κ1) is 27.7. The average molecular weight is 487 g/mol. The summed E-state index contributed by atoms with van der Waals surface area (Å²) in [5.41, 5.74) is -3.83. The second-order valence-electron chi connectivity index (χ2n) is 14.0. The fourth-order valence-electron chi connectivity index (χ4n) is 8.24. The van der Waals surface area contributed by atoms with Crippen LogP contribution in [0.15, 0.2) is 30.3 Å². The lowest BCUT2D eigenvalue weighted by Gasteiger charge is -2.61. The standard InChI is InChI=1S/C29H46N2O4/c1-24(2)15-20(16-25(3,4)30-24)28(9,21-17-26(5,6)31-27(7,8)18-21)29(22(32)33,23(34)35)19-13-11-10-12-14-19/h10-14,20-21,30-31H,15-18H2,1-9H3,(H,32,33)(H,34,35). The van der Waals surface area contributed by atoms with Crippen LogP contribution in [0.4, 0.5) is 0 Å². The van der Waals surface area contributed by atoms with Crippen molar-refractivity contribution >= 4 is 11.9 Å². The van der Waals surface area contributed by atoms with Gasteiger partial charge in [0.2, 0.25) is 0 Å². The number of nitrogens with one attached hydrogen (secondary N) is 2. The van der Waals surface area contributed by atoms with Crippen molar-refractivity contribution in [3.05, 3.63) is 35.9 Å². The second kappa shape index (κ2) is 8.58. The molecule has 0 aromatic heterocycles.